The van der Waals surface area contributed by atoms with E-state index >= 15 is 0 Å². The van der Waals surface area contributed by atoms with Gasteiger partial charge in [-0.3, -0.25) is 0 Å². The SMILES string of the molecule is CCc1ccccc1C.[Al]. The van der Waals surface area contributed by atoms with Crippen molar-refractivity contribution in [3.63, 3.8) is 0 Å². The molecule has 1 aromatic rings. The summed E-state index contributed by atoms with van der Waals surface area (Å²) >= 11 is 0. The van der Waals surface area contributed by atoms with Crippen molar-refractivity contribution in [1.29, 1.82) is 0 Å². The third-order valence-corrected chi connectivity index (χ3v) is 1.64. The lowest BCUT2D eigenvalue weighted by Gasteiger charge is -1.98. The van der Waals surface area contributed by atoms with Crippen LogP contribution in [0.3, 0.4) is 0 Å². The molecule has 10 heavy (non-hydrogen) atoms. The van der Waals surface area contributed by atoms with Crippen LogP contribution in [-0.2, 0) is 6.42 Å². The Bertz CT molecular complexity index is 194. The molecule has 0 aliphatic rings. The molecule has 1 rings (SSSR count). The summed E-state index contributed by atoms with van der Waals surface area (Å²) in [5, 5.41) is 0. The van der Waals surface area contributed by atoms with Crippen LogP contribution in [0.1, 0.15) is 18.1 Å². The second kappa shape index (κ2) is 4.55. The van der Waals surface area contributed by atoms with Gasteiger partial charge >= 0.3 is 0 Å². The highest BCUT2D eigenvalue weighted by atomic mass is 27.0. The van der Waals surface area contributed by atoms with Gasteiger partial charge < -0.3 is 0 Å². The quantitative estimate of drug-likeness (QED) is 0.534. The monoisotopic (exact) mass is 147 g/mol. The van der Waals surface area contributed by atoms with Crippen LogP contribution < -0.4 is 0 Å². The Morgan fingerprint density at radius 3 is 2.20 bits per heavy atom. The van der Waals surface area contributed by atoms with Crippen LogP contribution in [0.15, 0.2) is 24.3 Å². The van der Waals surface area contributed by atoms with Gasteiger partial charge in [-0.1, -0.05) is 31.2 Å². The van der Waals surface area contributed by atoms with Crippen molar-refractivity contribution in [1.82, 2.24) is 0 Å². The summed E-state index contributed by atoms with van der Waals surface area (Å²) in [6.07, 6.45) is 1.15. The van der Waals surface area contributed by atoms with Gasteiger partial charge in [-0.25, -0.2) is 0 Å². The molecule has 3 radical (unpaired) electrons. The predicted molar refractivity (Wildman–Crippen MR) is 46.3 cm³/mol. The van der Waals surface area contributed by atoms with Crippen molar-refractivity contribution in [2.75, 3.05) is 0 Å². The van der Waals surface area contributed by atoms with Crippen LogP contribution in [0.2, 0.25) is 0 Å². The summed E-state index contributed by atoms with van der Waals surface area (Å²) < 4.78 is 0. The molecule has 0 fully saturated rings. The van der Waals surface area contributed by atoms with Crippen molar-refractivity contribution >= 4 is 17.4 Å². The van der Waals surface area contributed by atoms with E-state index in [2.05, 4.69) is 38.1 Å². The molecular formula is C9H12Al. The summed E-state index contributed by atoms with van der Waals surface area (Å²) in [6, 6.07) is 8.49. The third-order valence-electron chi connectivity index (χ3n) is 1.64. The zero-order chi connectivity index (χ0) is 6.69. The van der Waals surface area contributed by atoms with Gasteiger partial charge in [-0.05, 0) is 24.5 Å². The van der Waals surface area contributed by atoms with E-state index < -0.39 is 0 Å². The zero-order valence-electron chi connectivity index (χ0n) is 6.59. The highest BCUT2D eigenvalue weighted by Crippen LogP contribution is 2.06. The number of aryl methyl sites for hydroxylation is 2. The van der Waals surface area contributed by atoms with Gasteiger partial charge in [0.05, 0.1) is 0 Å². The average molecular weight is 147 g/mol. The van der Waals surface area contributed by atoms with E-state index in [1.165, 1.54) is 11.1 Å². The minimum Gasteiger partial charge on any atom is -0.0620 e. The third kappa shape index (κ3) is 2.17. The van der Waals surface area contributed by atoms with Gasteiger partial charge in [0.15, 0.2) is 0 Å². The molecule has 0 bridgehead atoms. The van der Waals surface area contributed by atoms with Gasteiger partial charge in [-0.2, -0.15) is 0 Å². The minimum absolute atomic E-state index is 0. The Labute approximate surface area is 73.4 Å². The van der Waals surface area contributed by atoms with Gasteiger partial charge in [0, 0.05) is 17.4 Å². The molecule has 1 aromatic carbocycles. The summed E-state index contributed by atoms with van der Waals surface area (Å²) in [7, 11) is 0. The van der Waals surface area contributed by atoms with E-state index in [0.717, 1.165) is 6.42 Å². The van der Waals surface area contributed by atoms with Crippen molar-refractivity contribution in [2.24, 2.45) is 0 Å². The fourth-order valence-electron chi connectivity index (χ4n) is 1.01. The van der Waals surface area contributed by atoms with Crippen LogP contribution >= 0.6 is 0 Å². The van der Waals surface area contributed by atoms with Gasteiger partial charge in [0.25, 0.3) is 0 Å². The lowest BCUT2D eigenvalue weighted by Crippen LogP contribution is -1.82. The Morgan fingerprint density at radius 2 is 1.80 bits per heavy atom. The molecule has 0 saturated heterocycles. The largest absolute Gasteiger partial charge is 0.0620 e. The highest BCUT2D eigenvalue weighted by molar-refractivity contribution is 5.75. The van der Waals surface area contributed by atoms with Gasteiger partial charge in [0.1, 0.15) is 0 Å². The fraction of sp³-hybridized carbons (Fsp3) is 0.333. The Balaban J connectivity index is 0.000000810. The van der Waals surface area contributed by atoms with Crippen LogP contribution in [0.5, 0.6) is 0 Å². The van der Waals surface area contributed by atoms with Gasteiger partial charge in [-0.15, -0.1) is 0 Å². The van der Waals surface area contributed by atoms with Gasteiger partial charge in [0.2, 0.25) is 0 Å². The van der Waals surface area contributed by atoms with Crippen LogP contribution in [0.4, 0.5) is 0 Å². The molecule has 0 nitrogen and oxygen atoms in total. The molecule has 0 amide bonds. The molecule has 0 aromatic heterocycles. The molecule has 0 aliphatic carbocycles. The molecule has 0 atom stereocenters. The molecule has 0 unspecified atom stereocenters. The number of hydrogen-bond acceptors (Lipinski definition) is 0. The van der Waals surface area contributed by atoms with E-state index in [0.29, 0.717) is 0 Å². The molecular weight excluding hydrogens is 135 g/mol. The Kier molecular flexibility index (Phi) is 4.44. The Morgan fingerprint density at radius 1 is 1.20 bits per heavy atom. The normalized spacial score (nSPS) is 8.60. The minimum atomic E-state index is 0. The van der Waals surface area contributed by atoms with Crippen molar-refractivity contribution < 1.29 is 0 Å². The summed E-state index contributed by atoms with van der Waals surface area (Å²) in [5.74, 6) is 0. The van der Waals surface area contributed by atoms with Crippen molar-refractivity contribution in [2.45, 2.75) is 20.3 Å². The second-order valence-corrected chi connectivity index (χ2v) is 2.28. The smallest absolute Gasteiger partial charge is 0 e. The first-order valence-electron chi connectivity index (χ1n) is 3.39. The summed E-state index contributed by atoms with van der Waals surface area (Å²) in [5.41, 5.74) is 2.86. The van der Waals surface area contributed by atoms with Crippen molar-refractivity contribution in [3.05, 3.63) is 35.4 Å². The maximum Gasteiger partial charge on any atom is 0 e. The van der Waals surface area contributed by atoms with E-state index in [1.807, 2.05) is 0 Å². The van der Waals surface area contributed by atoms with Crippen molar-refractivity contribution in [3.8, 4) is 0 Å². The summed E-state index contributed by atoms with van der Waals surface area (Å²) in [6.45, 7) is 4.33. The molecule has 0 spiro atoms. The molecule has 0 heterocycles. The standard InChI is InChI=1S/C9H12.Al/c1-3-9-7-5-4-6-8(9)2;/h4-7H,3H2,1-2H3;. The van der Waals surface area contributed by atoms with Crippen LogP contribution in [0, 0.1) is 6.92 Å². The first-order chi connectivity index (χ1) is 4.34. The lowest BCUT2D eigenvalue weighted by molar-refractivity contribution is 1.11. The maximum absolute atomic E-state index is 2.18. The number of rotatable bonds is 1. The Hall–Kier alpha value is -0.248. The maximum atomic E-state index is 2.18. The first-order valence-corrected chi connectivity index (χ1v) is 3.39. The summed E-state index contributed by atoms with van der Waals surface area (Å²) in [4.78, 5) is 0. The molecule has 0 aliphatic heterocycles. The number of benzene rings is 1. The molecule has 51 valence electrons. The predicted octanol–water partition coefficient (Wildman–Crippen LogP) is 2.18. The second-order valence-electron chi connectivity index (χ2n) is 2.28. The first kappa shape index (κ1) is 9.75. The topological polar surface area (TPSA) is 0 Å². The average Bonchev–Trinajstić information content (AvgIpc) is 1.89. The van der Waals surface area contributed by atoms with E-state index in [9.17, 15) is 0 Å². The lowest BCUT2D eigenvalue weighted by atomic mass is 10.1. The highest BCUT2D eigenvalue weighted by Gasteiger charge is 1.89. The number of hydrogen-bond donors (Lipinski definition) is 0. The van der Waals surface area contributed by atoms with E-state index in [4.69, 9.17) is 0 Å². The molecule has 0 saturated carbocycles. The van der Waals surface area contributed by atoms with Crippen LogP contribution in [-0.4, -0.2) is 17.4 Å². The van der Waals surface area contributed by atoms with E-state index in [1.54, 1.807) is 0 Å². The molecule has 0 N–H and O–H groups in total. The zero-order valence-corrected chi connectivity index (χ0v) is 7.75. The van der Waals surface area contributed by atoms with Crippen LogP contribution in [0.25, 0.3) is 0 Å². The molecule has 1 heteroatoms. The van der Waals surface area contributed by atoms with E-state index in [-0.39, 0.29) is 17.4 Å². The fourth-order valence-corrected chi connectivity index (χ4v) is 1.01.